The third-order valence-corrected chi connectivity index (χ3v) is 5.93. The first-order valence-corrected chi connectivity index (χ1v) is 10.1. The van der Waals surface area contributed by atoms with E-state index in [-0.39, 0.29) is 11.6 Å². The monoisotopic (exact) mass is 452 g/mol. The molecule has 0 aliphatic carbocycles. The van der Waals surface area contributed by atoms with Gasteiger partial charge in [-0.25, -0.2) is 9.67 Å². The number of thiazole rings is 1. The molecule has 0 aliphatic rings. The minimum absolute atomic E-state index is 0.163. The van der Waals surface area contributed by atoms with Crippen LogP contribution in [0, 0.1) is 13.8 Å². The highest BCUT2D eigenvalue weighted by Crippen LogP contribution is 2.25. The number of aromatic nitrogens is 4. The summed E-state index contributed by atoms with van der Waals surface area (Å²) in [5.41, 5.74) is 2.20. The quantitative estimate of drug-likeness (QED) is 0.637. The Kier molecular flexibility index (Phi) is 6.21. The molecule has 2 heterocycles. The number of hydrogen-bond acceptors (Lipinski definition) is 6. The van der Waals surface area contributed by atoms with Crippen LogP contribution in [0.25, 0.3) is 0 Å². The number of halogens is 2. The zero-order chi connectivity index (χ0) is 21.3. The number of hydrogen-bond donors (Lipinski definition) is 1. The Morgan fingerprint density at radius 2 is 1.93 bits per heavy atom. The van der Waals surface area contributed by atoms with Gasteiger partial charge in [0.2, 0.25) is 0 Å². The summed E-state index contributed by atoms with van der Waals surface area (Å²) in [6, 6.07) is 5.28. The maximum Gasteiger partial charge on any atom is 0.279 e. The minimum atomic E-state index is -0.444. The molecular weight excluding hydrogens is 435 g/mol. The van der Waals surface area contributed by atoms with Gasteiger partial charge in [-0.3, -0.25) is 14.9 Å². The summed E-state index contributed by atoms with van der Waals surface area (Å²) >= 11 is 13.1. The summed E-state index contributed by atoms with van der Waals surface area (Å²) in [5.74, 6) is -0.607. The Bertz CT molecular complexity index is 1090. The van der Waals surface area contributed by atoms with E-state index >= 15 is 0 Å². The molecule has 1 aromatic carbocycles. The lowest BCUT2D eigenvalue weighted by Crippen LogP contribution is -2.21. The summed E-state index contributed by atoms with van der Waals surface area (Å²) in [6.45, 7) is 3.86. The second-order valence-corrected chi connectivity index (χ2v) is 8.33. The van der Waals surface area contributed by atoms with Gasteiger partial charge in [-0.2, -0.15) is 0 Å². The van der Waals surface area contributed by atoms with Gasteiger partial charge in [0.15, 0.2) is 10.8 Å². The van der Waals surface area contributed by atoms with E-state index < -0.39 is 5.91 Å². The van der Waals surface area contributed by atoms with Gasteiger partial charge in [0.1, 0.15) is 4.88 Å². The van der Waals surface area contributed by atoms with E-state index in [2.05, 4.69) is 20.6 Å². The highest BCUT2D eigenvalue weighted by molar-refractivity contribution is 7.17. The van der Waals surface area contributed by atoms with Crippen LogP contribution in [-0.2, 0) is 6.54 Å². The Morgan fingerprint density at radius 3 is 2.59 bits per heavy atom. The molecule has 0 saturated carbocycles. The van der Waals surface area contributed by atoms with Crippen molar-refractivity contribution >= 4 is 51.5 Å². The molecule has 0 atom stereocenters. The zero-order valence-electron chi connectivity index (χ0n) is 16.2. The van der Waals surface area contributed by atoms with E-state index in [0.717, 1.165) is 16.9 Å². The Morgan fingerprint density at radius 1 is 1.21 bits per heavy atom. The van der Waals surface area contributed by atoms with Crippen molar-refractivity contribution in [1.82, 2.24) is 24.9 Å². The molecule has 2 amide bonds. The van der Waals surface area contributed by atoms with E-state index in [4.69, 9.17) is 23.2 Å². The maximum absolute atomic E-state index is 12.6. The molecule has 0 spiro atoms. The largest absolute Gasteiger partial charge is 0.344 e. The standard InChI is InChI=1S/C18H18Cl2N6O2S/c1-9-15(17(28)25(3)4)29-18(21-9)22-16(27)14-10(2)26(24-23-14)8-11-5-6-12(19)13(20)7-11/h5-7H,8H2,1-4H3,(H,21,22,27). The fourth-order valence-corrected chi connectivity index (χ4v) is 3.84. The predicted octanol–water partition coefficient (Wildman–Crippen LogP) is 3.66. The molecule has 0 saturated heterocycles. The lowest BCUT2D eigenvalue weighted by molar-refractivity contribution is 0.0831. The van der Waals surface area contributed by atoms with E-state index in [1.54, 1.807) is 44.8 Å². The fourth-order valence-electron chi connectivity index (χ4n) is 2.54. The van der Waals surface area contributed by atoms with Crippen LogP contribution >= 0.6 is 34.5 Å². The van der Waals surface area contributed by atoms with Crippen LogP contribution in [0.1, 0.15) is 37.1 Å². The number of nitrogens with one attached hydrogen (secondary N) is 1. The smallest absolute Gasteiger partial charge is 0.279 e. The molecule has 0 radical (unpaired) electrons. The van der Waals surface area contributed by atoms with Gasteiger partial charge >= 0.3 is 0 Å². The second-order valence-electron chi connectivity index (χ2n) is 6.52. The number of carbonyl (C=O) groups is 2. The number of anilines is 1. The lowest BCUT2D eigenvalue weighted by atomic mass is 10.2. The molecule has 0 fully saturated rings. The zero-order valence-corrected chi connectivity index (χ0v) is 18.5. The third kappa shape index (κ3) is 4.58. The van der Waals surface area contributed by atoms with Crippen molar-refractivity contribution in [3.63, 3.8) is 0 Å². The SMILES string of the molecule is Cc1nc(NC(=O)c2nnn(Cc3ccc(Cl)c(Cl)c3)c2C)sc1C(=O)N(C)C. The van der Waals surface area contributed by atoms with Crippen LogP contribution in [0.5, 0.6) is 0 Å². The highest BCUT2D eigenvalue weighted by Gasteiger charge is 2.21. The van der Waals surface area contributed by atoms with Crippen LogP contribution in [0.3, 0.4) is 0 Å². The Hall–Kier alpha value is -2.49. The molecule has 152 valence electrons. The van der Waals surface area contributed by atoms with Gasteiger partial charge in [0.25, 0.3) is 11.8 Å². The summed E-state index contributed by atoms with van der Waals surface area (Å²) in [4.78, 5) is 31.0. The van der Waals surface area contributed by atoms with Crippen molar-refractivity contribution in [1.29, 1.82) is 0 Å². The fraction of sp³-hybridized carbons (Fsp3) is 0.278. The molecule has 1 N–H and O–H groups in total. The molecule has 3 aromatic rings. The number of aryl methyl sites for hydroxylation is 1. The van der Waals surface area contributed by atoms with Gasteiger partial charge in [0.05, 0.1) is 28.0 Å². The molecule has 3 rings (SSSR count). The van der Waals surface area contributed by atoms with Gasteiger partial charge in [0, 0.05) is 14.1 Å². The van der Waals surface area contributed by atoms with Gasteiger partial charge in [-0.15, -0.1) is 5.10 Å². The number of benzene rings is 1. The molecule has 2 aromatic heterocycles. The van der Waals surface area contributed by atoms with Crippen LogP contribution < -0.4 is 5.32 Å². The number of amides is 2. The molecular formula is C18H18Cl2N6O2S. The third-order valence-electron chi connectivity index (χ3n) is 4.13. The van der Waals surface area contributed by atoms with Crippen molar-refractivity contribution < 1.29 is 9.59 Å². The molecule has 0 aliphatic heterocycles. The lowest BCUT2D eigenvalue weighted by Gasteiger charge is -2.07. The van der Waals surface area contributed by atoms with Gasteiger partial charge in [-0.05, 0) is 31.5 Å². The molecule has 0 bridgehead atoms. The summed E-state index contributed by atoms with van der Waals surface area (Å²) in [6.07, 6.45) is 0. The minimum Gasteiger partial charge on any atom is -0.344 e. The summed E-state index contributed by atoms with van der Waals surface area (Å²) < 4.78 is 1.60. The predicted molar refractivity (Wildman–Crippen MR) is 113 cm³/mol. The topological polar surface area (TPSA) is 93.0 Å². The number of rotatable bonds is 5. The van der Waals surface area contributed by atoms with Crippen molar-refractivity contribution in [2.45, 2.75) is 20.4 Å². The number of nitrogens with zero attached hydrogens (tertiary/aromatic N) is 5. The molecule has 0 unspecified atom stereocenters. The molecule has 29 heavy (non-hydrogen) atoms. The summed E-state index contributed by atoms with van der Waals surface area (Å²) in [7, 11) is 3.32. The average molecular weight is 453 g/mol. The van der Waals surface area contributed by atoms with E-state index in [0.29, 0.717) is 38.0 Å². The molecule has 11 heteroatoms. The van der Waals surface area contributed by atoms with Crippen LogP contribution in [0.4, 0.5) is 5.13 Å². The number of carbonyl (C=O) groups excluding carboxylic acids is 2. The van der Waals surface area contributed by atoms with E-state index in [9.17, 15) is 9.59 Å². The average Bonchev–Trinajstić information content (AvgIpc) is 3.20. The van der Waals surface area contributed by atoms with Crippen molar-refractivity contribution in [3.8, 4) is 0 Å². The summed E-state index contributed by atoms with van der Waals surface area (Å²) in [5, 5.41) is 12.0. The normalized spacial score (nSPS) is 10.8. The first kappa shape index (κ1) is 21.2. The first-order valence-electron chi connectivity index (χ1n) is 8.51. The Labute approximate surface area is 181 Å². The van der Waals surface area contributed by atoms with E-state index in [1.807, 2.05) is 6.07 Å². The van der Waals surface area contributed by atoms with Gasteiger partial charge < -0.3 is 4.90 Å². The van der Waals surface area contributed by atoms with Crippen LogP contribution in [-0.4, -0.2) is 50.8 Å². The van der Waals surface area contributed by atoms with Crippen molar-refractivity contribution in [2.24, 2.45) is 0 Å². The van der Waals surface area contributed by atoms with E-state index in [1.165, 1.54) is 4.90 Å². The van der Waals surface area contributed by atoms with Gasteiger partial charge in [-0.1, -0.05) is 45.8 Å². The maximum atomic E-state index is 12.6. The van der Waals surface area contributed by atoms with Crippen LogP contribution in [0.15, 0.2) is 18.2 Å². The van der Waals surface area contributed by atoms with Crippen molar-refractivity contribution in [2.75, 3.05) is 19.4 Å². The first-order chi connectivity index (χ1) is 13.7. The van der Waals surface area contributed by atoms with Crippen LogP contribution in [0.2, 0.25) is 10.0 Å². The Balaban J connectivity index is 1.76. The second kappa shape index (κ2) is 8.48. The molecule has 8 nitrogen and oxygen atoms in total. The van der Waals surface area contributed by atoms with Crippen molar-refractivity contribution in [3.05, 3.63) is 55.8 Å². The highest BCUT2D eigenvalue weighted by atomic mass is 35.5.